The highest BCUT2D eigenvalue weighted by Gasteiger charge is 2.38. The Bertz CT molecular complexity index is 1410. The molecule has 2 aliphatic heterocycles. The number of hydrogen-bond acceptors (Lipinski definition) is 8. The van der Waals surface area contributed by atoms with Gasteiger partial charge in [0.15, 0.2) is 23.0 Å². The molecule has 0 saturated carbocycles. The second-order valence-corrected chi connectivity index (χ2v) is 10.4. The van der Waals surface area contributed by atoms with Gasteiger partial charge in [0.25, 0.3) is 0 Å². The summed E-state index contributed by atoms with van der Waals surface area (Å²) in [5.41, 5.74) is 9.18. The van der Waals surface area contributed by atoms with Gasteiger partial charge in [-0.3, -0.25) is 4.79 Å². The van der Waals surface area contributed by atoms with E-state index in [1.165, 1.54) is 7.11 Å². The number of fused-ring (bicyclic) bond motifs is 2. The molecule has 2 aromatic carbocycles. The molecule has 4 N–H and O–H groups in total. The minimum atomic E-state index is -1.42. The second kappa shape index (κ2) is 9.41. The summed E-state index contributed by atoms with van der Waals surface area (Å²) in [6, 6.07) is 12.9. The van der Waals surface area contributed by atoms with Crippen LogP contribution in [0.3, 0.4) is 0 Å². The average Bonchev–Trinajstić information content (AvgIpc) is 3.21. The van der Waals surface area contributed by atoms with Crippen molar-refractivity contribution < 1.29 is 28.9 Å². The first-order valence-corrected chi connectivity index (χ1v) is 12.5. The van der Waals surface area contributed by atoms with E-state index in [1.807, 2.05) is 38.1 Å². The molecule has 0 aliphatic carbocycles. The van der Waals surface area contributed by atoms with Crippen LogP contribution in [0, 0.1) is 6.92 Å². The number of nitrogens with one attached hydrogen (secondary N) is 1. The van der Waals surface area contributed by atoms with Crippen molar-refractivity contribution in [1.82, 2.24) is 10.3 Å². The number of hydrogen-bond donors (Lipinski definition) is 3. The van der Waals surface area contributed by atoms with Gasteiger partial charge >= 0.3 is 6.09 Å². The molecule has 2 aliphatic rings. The van der Waals surface area contributed by atoms with Gasteiger partial charge in [-0.15, -0.1) is 0 Å². The molecule has 3 aromatic rings. The number of aryl methyl sites for hydroxylation is 1. The van der Waals surface area contributed by atoms with E-state index in [0.29, 0.717) is 46.4 Å². The molecule has 0 bridgehead atoms. The minimum Gasteiger partial charge on any atom is -0.493 e. The molecular weight excluding hydrogens is 486 g/mol. The maximum atomic E-state index is 13.2. The smallest absolute Gasteiger partial charge is 0.413 e. The molecule has 1 amide bonds. The van der Waals surface area contributed by atoms with Crippen LogP contribution in [0.15, 0.2) is 42.5 Å². The van der Waals surface area contributed by atoms with Crippen LogP contribution >= 0.6 is 0 Å². The SMILES string of the molecule is COc1cc(C(=O)CCC(C)(O)c2cc3c(c(-c4ccc(C)cc4)n2)OCC3(C)N)cc2c1OC(=O)NC2. The number of benzene rings is 2. The summed E-state index contributed by atoms with van der Waals surface area (Å²) in [4.78, 5) is 29.6. The van der Waals surface area contributed by atoms with Gasteiger partial charge in [0.05, 0.1) is 18.3 Å². The fourth-order valence-electron chi connectivity index (χ4n) is 4.73. The Kier molecular flexibility index (Phi) is 6.36. The molecule has 0 saturated heterocycles. The zero-order valence-corrected chi connectivity index (χ0v) is 21.9. The highest BCUT2D eigenvalue weighted by atomic mass is 16.6. The van der Waals surface area contributed by atoms with Crippen LogP contribution < -0.4 is 25.3 Å². The molecule has 9 heteroatoms. The van der Waals surface area contributed by atoms with E-state index in [2.05, 4.69) is 5.32 Å². The molecule has 2 atom stereocenters. The summed E-state index contributed by atoms with van der Waals surface area (Å²) in [6.07, 6.45) is -0.395. The van der Waals surface area contributed by atoms with Crippen molar-refractivity contribution in [3.8, 4) is 28.5 Å². The Balaban J connectivity index is 1.43. The molecule has 0 spiro atoms. The number of pyridine rings is 1. The minimum absolute atomic E-state index is 0.0528. The van der Waals surface area contributed by atoms with Crippen LogP contribution in [-0.2, 0) is 17.7 Å². The Morgan fingerprint density at radius 3 is 2.68 bits per heavy atom. The highest BCUT2D eigenvalue weighted by molar-refractivity contribution is 5.97. The number of amides is 1. The molecule has 3 heterocycles. The van der Waals surface area contributed by atoms with Gasteiger partial charge < -0.3 is 30.4 Å². The number of nitrogens with two attached hydrogens (primary N) is 1. The predicted molar refractivity (Wildman–Crippen MR) is 140 cm³/mol. The molecule has 0 fully saturated rings. The first-order chi connectivity index (χ1) is 18.0. The van der Waals surface area contributed by atoms with Gasteiger partial charge in [0.2, 0.25) is 0 Å². The number of aromatic nitrogens is 1. The molecular formula is C29H31N3O6. The number of rotatable bonds is 7. The third-order valence-corrected chi connectivity index (χ3v) is 7.11. The van der Waals surface area contributed by atoms with Crippen LogP contribution in [0.25, 0.3) is 11.3 Å². The lowest BCUT2D eigenvalue weighted by molar-refractivity contribution is 0.0396. The Morgan fingerprint density at radius 2 is 1.97 bits per heavy atom. The van der Waals surface area contributed by atoms with E-state index in [1.54, 1.807) is 25.1 Å². The maximum Gasteiger partial charge on any atom is 0.413 e. The number of carbonyl (C=O) groups is 2. The van der Waals surface area contributed by atoms with E-state index in [0.717, 1.165) is 16.7 Å². The Hall–Kier alpha value is -3.95. The van der Waals surface area contributed by atoms with Gasteiger partial charge in [-0.1, -0.05) is 29.8 Å². The third kappa shape index (κ3) is 4.70. The van der Waals surface area contributed by atoms with Crippen LogP contribution in [0.2, 0.25) is 0 Å². The highest BCUT2D eigenvalue weighted by Crippen LogP contribution is 2.44. The Morgan fingerprint density at radius 1 is 1.24 bits per heavy atom. The van der Waals surface area contributed by atoms with Crippen molar-refractivity contribution >= 4 is 11.9 Å². The van der Waals surface area contributed by atoms with Gasteiger partial charge in [-0.05, 0) is 45.4 Å². The topological polar surface area (TPSA) is 133 Å². The van der Waals surface area contributed by atoms with E-state index >= 15 is 0 Å². The van der Waals surface area contributed by atoms with Crippen molar-refractivity contribution in [2.75, 3.05) is 13.7 Å². The predicted octanol–water partition coefficient (Wildman–Crippen LogP) is 4.10. The summed E-state index contributed by atoms with van der Waals surface area (Å²) in [7, 11) is 1.45. The number of ether oxygens (including phenoxy) is 3. The van der Waals surface area contributed by atoms with Crippen molar-refractivity contribution in [2.45, 2.75) is 51.3 Å². The Labute approximate surface area is 220 Å². The number of methoxy groups -OCH3 is 1. The zero-order valence-electron chi connectivity index (χ0n) is 21.9. The second-order valence-electron chi connectivity index (χ2n) is 10.4. The van der Waals surface area contributed by atoms with E-state index in [-0.39, 0.29) is 25.2 Å². The number of nitrogens with zero attached hydrogens (tertiary/aromatic N) is 1. The van der Waals surface area contributed by atoms with Crippen molar-refractivity contribution in [2.24, 2.45) is 5.73 Å². The fourth-order valence-corrected chi connectivity index (χ4v) is 4.73. The lowest BCUT2D eigenvalue weighted by Crippen LogP contribution is -2.35. The first-order valence-electron chi connectivity index (χ1n) is 12.5. The summed E-state index contributed by atoms with van der Waals surface area (Å²) >= 11 is 0. The summed E-state index contributed by atoms with van der Waals surface area (Å²) in [5, 5.41) is 14.1. The van der Waals surface area contributed by atoms with Crippen LogP contribution in [0.4, 0.5) is 4.79 Å². The van der Waals surface area contributed by atoms with Crippen LogP contribution in [0.1, 0.15) is 59.4 Å². The molecule has 0 radical (unpaired) electrons. The molecule has 198 valence electrons. The van der Waals surface area contributed by atoms with Crippen molar-refractivity contribution in [3.05, 3.63) is 70.4 Å². The maximum absolute atomic E-state index is 13.2. The third-order valence-electron chi connectivity index (χ3n) is 7.11. The number of ketones is 1. The average molecular weight is 518 g/mol. The molecule has 9 nitrogen and oxygen atoms in total. The fraction of sp³-hybridized carbons (Fsp3) is 0.345. The molecule has 1 aromatic heterocycles. The summed E-state index contributed by atoms with van der Waals surface area (Å²) in [5.74, 6) is 1.04. The van der Waals surface area contributed by atoms with Crippen LogP contribution in [0.5, 0.6) is 17.2 Å². The van der Waals surface area contributed by atoms with Gasteiger partial charge in [-0.2, -0.15) is 0 Å². The van der Waals surface area contributed by atoms with E-state index in [9.17, 15) is 14.7 Å². The summed E-state index contributed by atoms with van der Waals surface area (Å²) < 4.78 is 16.5. The van der Waals surface area contributed by atoms with E-state index in [4.69, 9.17) is 24.9 Å². The molecule has 38 heavy (non-hydrogen) atoms. The van der Waals surface area contributed by atoms with Crippen LogP contribution in [-0.4, -0.2) is 35.7 Å². The first kappa shape index (κ1) is 25.7. The lowest BCUT2D eigenvalue weighted by Gasteiger charge is -2.26. The number of aliphatic hydroxyl groups is 1. The van der Waals surface area contributed by atoms with Gasteiger partial charge in [0.1, 0.15) is 17.9 Å². The quantitative estimate of drug-likeness (QED) is 0.399. The van der Waals surface area contributed by atoms with Gasteiger partial charge in [0, 0.05) is 35.2 Å². The molecule has 5 rings (SSSR count). The lowest BCUT2D eigenvalue weighted by atomic mass is 9.87. The monoisotopic (exact) mass is 517 g/mol. The van der Waals surface area contributed by atoms with Crippen molar-refractivity contribution in [1.29, 1.82) is 0 Å². The van der Waals surface area contributed by atoms with E-state index < -0.39 is 17.2 Å². The van der Waals surface area contributed by atoms with Crippen molar-refractivity contribution in [3.63, 3.8) is 0 Å². The number of carbonyl (C=O) groups excluding carboxylic acids is 2. The largest absolute Gasteiger partial charge is 0.493 e. The van der Waals surface area contributed by atoms with Gasteiger partial charge in [-0.25, -0.2) is 9.78 Å². The normalized spacial score (nSPS) is 19.4. The summed E-state index contributed by atoms with van der Waals surface area (Å²) in [6.45, 7) is 6.07. The standard InChI is InChI=1S/C29H31N3O6/c1-16-5-7-17(8-6-16)24-26-20(28(2,30)15-37-26)13-23(32-24)29(3,35)10-9-21(33)18-11-19-14-31-27(34)38-25(19)22(12-18)36-4/h5-8,11-13,35H,9-10,14-15,30H2,1-4H3,(H,31,34). The zero-order chi connectivity index (χ0) is 27.2. The molecule has 2 unspecified atom stereocenters. The number of Topliss-reactive ketones (excluding diaryl/α,β-unsaturated/α-hetero) is 1.